The van der Waals surface area contributed by atoms with Crippen LogP contribution in [0.4, 0.5) is 0 Å². The van der Waals surface area contributed by atoms with Gasteiger partial charge in [0.25, 0.3) is 5.91 Å². The fourth-order valence-corrected chi connectivity index (χ4v) is 4.35. The van der Waals surface area contributed by atoms with Crippen LogP contribution in [0.1, 0.15) is 40.4 Å². The molecule has 25 heavy (non-hydrogen) atoms. The van der Waals surface area contributed by atoms with Gasteiger partial charge in [-0.05, 0) is 56.9 Å². The first-order chi connectivity index (χ1) is 12.1. The summed E-state index contributed by atoms with van der Waals surface area (Å²) in [6, 6.07) is 2.08. The first-order valence-corrected chi connectivity index (χ1v) is 8.95. The van der Waals surface area contributed by atoms with Crippen LogP contribution >= 0.6 is 0 Å². The van der Waals surface area contributed by atoms with Crippen molar-refractivity contribution in [3.8, 4) is 0 Å². The molecule has 130 valence electrons. The van der Waals surface area contributed by atoms with Crippen molar-refractivity contribution in [3.05, 3.63) is 47.6 Å². The molecule has 2 aromatic rings. The van der Waals surface area contributed by atoms with Crippen molar-refractivity contribution in [1.29, 1.82) is 0 Å². The number of carbonyl (C=O) groups excluding carboxylic acids is 1. The molecule has 0 N–H and O–H groups in total. The van der Waals surface area contributed by atoms with Crippen molar-refractivity contribution in [2.24, 2.45) is 17.8 Å². The number of likely N-dealkylation sites (tertiary alicyclic amines) is 1. The molecule has 1 aliphatic heterocycles. The summed E-state index contributed by atoms with van der Waals surface area (Å²) >= 11 is 0. The molecular weight excluding hydrogens is 314 g/mol. The van der Waals surface area contributed by atoms with Crippen molar-refractivity contribution in [1.82, 2.24) is 24.8 Å². The zero-order chi connectivity index (χ0) is 17.4. The molecule has 2 aromatic heterocycles. The van der Waals surface area contributed by atoms with Crippen LogP contribution in [0.3, 0.4) is 0 Å². The lowest BCUT2D eigenvalue weighted by Gasteiger charge is -2.20. The Morgan fingerprint density at radius 1 is 1.08 bits per heavy atom. The second kappa shape index (κ2) is 6.50. The van der Waals surface area contributed by atoms with Crippen molar-refractivity contribution >= 4 is 5.91 Å². The van der Waals surface area contributed by atoms with E-state index in [1.54, 1.807) is 18.7 Å². The highest BCUT2D eigenvalue weighted by Crippen LogP contribution is 2.43. The normalized spacial score (nSPS) is 25.2. The summed E-state index contributed by atoms with van der Waals surface area (Å²) in [5.41, 5.74) is 3.41. The summed E-state index contributed by atoms with van der Waals surface area (Å²) in [6.45, 7) is 5.55. The van der Waals surface area contributed by atoms with Gasteiger partial charge in [-0.2, -0.15) is 0 Å². The number of rotatable bonds is 3. The molecule has 3 heterocycles. The van der Waals surface area contributed by atoms with Crippen LogP contribution < -0.4 is 0 Å². The highest BCUT2D eigenvalue weighted by atomic mass is 16.2. The minimum Gasteiger partial charge on any atom is -0.337 e. The highest BCUT2D eigenvalue weighted by molar-refractivity contribution is 5.92. The summed E-state index contributed by atoms with van der Waals surface area (Å²) in [4.78, 5) is 31.7. The average molecular weight is 337 g/mol. The Kier molecular flexibility index (Phi) is 4.19. The van der Waals surface area contributed by atoms with Crippen LogP contribution in [-0.2, 0) is 6.42 Å². The van der Waals surface area contributed by atoms with Crippen LogP contribution in [-0.4, -0.2) is 43.8 Å². The number of hydrogen-bond donors (Lipinski definition) is 0. The molecule has 2 fully saturated rings. The molecule has 0 aromatic carbocycles. The number of carbonyl (C=O) groups is 1. The van der Waals surface area contributed by atoms with E-state index in [4.69, 9.17) is 0 Å². The van der Waals surface area contributed by atoms with Gasteiger partial charge in [-0.1, -0.05) is 0 Å². The second-order valence-electron chi connectivity index (χ2n) is 7.37. The van der Waals surface area contributed by atoms with Gasteiger partial charge in [-0.15, -0.1) is 0 Å². The second-order valence-corrected chi connectivity index (χ2v) is 7.37. The van der Waals surface area contributed by atoms with Gasteiger partial charge in [0.05, 0.1) is 11.9 Å². The molecule has 1 saturated carbocycles. The third-order valence-corrected chi connectivity index (χ3v) is 5.62. The first kappa shape index (κ1) is 16.1. The van der Waals surface area contributed by atoms with E-state index in [1.807, 2.05) is 18.7 Å². The summed E-state index contributed by atoms with van der Waals surface area (Å²) in [5, 5.41) is 0. The predicted octanol–water partition coefficient (Wildman–Crippen LogP) is 2.22. The monoisotopic (exact) mass is 337 g/mol. The minimum atomic E-state index is 0.0125. The Morgan fingerprint density at radius 3 is 2.72 bits per heavy atom. The number of amides is 1. The first-order valence-electron chi connectivity index (χ1n) is 8.95. The average Bonchev–Trinajstić information content (AvgIpc) is 3.17. The van der Waals surface area contributed by atoms with E-state index in [1.165, 1.54) is 12.8 Å². The van der Waals surface area contributed by atoms with Crippen molar-refractivity contribution in [2.45, 2.75) is 33.1 Å². The van der Waals surface area contributed by atoms with Crippen LogP contribution in [0.15, 0.2) is 24.8 Å². The summed E-state index contributed by atoms with van der Waals surface area (Å²) in [6.07, 6.45) is 8.30. The predicted molar refractivity (Wildman–Crippen MR) is 92.8 cm³/mol. The molecule has 6 nitrogen and oxygen atoms in total. The molecule has 0 unspecified atom stereocenters. The number of aryl methyl sites for hydroxylation is 2. The molecule has 1 aliphatic carbocycles. The van der Waals surface area contributed by atoms with Gasteiger partial charge in [0.2, 0.25) is 0 Å². The summed E-state index contributed by atoms with van der Waals surface area (Å²) in [5.74, 6) is 1.78. The van der Waals surface area contributed by atoms with E-state index < -0.39 is 0 Å². The maximum absolute atomic E-state index is 12.7. The zero-order valence-corrected chi connectivity index (χ0v) is 14.7. The lowest BCUT2D eigenvalue weighted by Crippen LogP contribution is -2.31. The van der Waals surface area contributed by atoms with Crippen LogP contribution in [0, 0.1) is 31.6 Å². The topological polar surface area (TPSA) is 71.9 Å². The number of nitrogens with zero attached hydrogens (tertiary/aromatic N) is 5. The fraction of sp³-hybridized carbons (Fsp3) is 0.526. The van der Waals surface area contributed by atoms with Gasteiger partial charge in [0, 0.05) is 30.7 Å². The molecule has 4 rings (SSSR count). The van der Waals surface area contributed by atoms with E-state index in [0.29, 0.717) is 23.4 Å². The van der Waals surface area contributed by atoms with Crippen LogP contribution in [0.25, 0.3) is 0 Å². The zero-order valence-electron chi connectivity index (χ0n) is 14.7. The van der Waals surface area contributed by atoms with Crippen molar-refractivity contribution < 1.29 is 4.79 Å². The van der Waals surface area contributed by atoms with Crippen LogP contribution in [0.2, 0.25) is 0 Å². The summed E-state index contributed by atoms with van der Waals surface area (Å²) in [7, 11) is 0. The van der Waals surface area contributed by atoms with E-state index in [0.717, 1.165) is 36.6 Å². The standard InChI is InChI=1S/C19H23N5O/c1-12-5-16(23-11-22-12)6-14-3-4-15-9-24(10-17(14)15)19(25)18-8-20-13(2)7-21-18/h5,7-8,11,14-15,17H,3-4,6,9-10H2,1-2H3/t14-,15-,17-/m1/s1. The van der Waals surface area contributed by atoms with Gasteiger partial charge in [0.15, 0.2) is 0 Å². The summed E-state index contributed by atoms with van der Waals surface area (Å²) < 4.78 is 0. The van der Waals surface area contributed by atoms with Gasteiger partial charge in [-0.25, -0.2) is 15.0 Å². The molecule has 3 atom stereocenters. The van der Waals surface area contributed by atoms with E-state index >= 15 is 0 Å². The van der Waals surface area contributed by atoms with Gasteiger partial charge >= 0.3 is 0 Å². The van der Waals surface area contributed by atoms with E-state index in [9.17, 15) is 4.79 Å². The maximum atomic E-state index is 12.7. The van der Waals surface area contributed by atoms with Crippen LogP contribution in [0.5, 0.6) is 0 Å². The molecule has 0 radical (unpaired) electrons. The Hall–Kier alpha value is -2.37. The van der Waals surface area contributed by atoms with Gasteiger partial charge in [0.1, 0.15) is 12.0 Å². The molecular formula is C19H23N5O. The molecule has 6 heteroatoms. The largest absolute Gasteiger partial charge is 0.337 e. The number of hydrogen-bond acceptors (Lipinski definition) is 5. The Morgan fingerprint density at radius 2 is 1.96 bits per heavy atom. The molecule has 0 bridgehead atoms. The lowest BCUT2D eigenvalue weighted by atomic mass is 9.89. The van der Waals surface area contributed by atoms with Gasteiger partial charge in [-0.3, -0.25) is 9.78 Å². The molecule has 1 amide bonds. The quantitative estimate of drug-likeness (QED) is 0.859. The fourth-order valence-electron chi connectivity index (χ4n) is 4.35. The van der Waals surface area contributed by atoms with E-state index in [2.05, 4.69) is 26.0 Å². The maximum Gasteiger partial charge on any atom is 0.274 e. The van der Waals surface area contributed by atoms with Crippen molar-refractivity contribution in [2.75, 3.05) is 13.1 Å². The molecule has 1 saturated heterocycles. The Balaban J connectivity index is 1.44. The van der Waals surface area contributed by atoms with Crippen molar-refractivity contribution in [3.63, 3.8) is 0 Å². The highest BCUT2D eigenvalue weighted by Gasteiger charge is 2.44. The Labute approximate surface area is 147 Å². The third-order valence-electron chi connectivity index (χ3n) is 5.62. The Bertz CT molecular complexity index is 776. The molecule has 2 aliphatic rings. The number of aromatic nitrogens is 4. The lowest BCUT2D eigenvalue weighted by molar-refractivity contribution is 0.0770. The SMILES string of the molecule is Cc1cnc(C(=O)N2C[C@H]3CC[C@H](Cc4cc(C)ncn4)[C@H]3C2)cn1. The van der Waals surface area contributed by atoms with E-state index in [-0.39, 0.29) is 5.91 Å². The van der Waals surface area contributed by atoms with Gasteiger partial charge < -0.3 is 4.90 Å². The minimum absolute atomic E-state index is 0.0125. The number of fused-ring (bicyclic) bond motifs is 1. The molecule has 0 spiro atoms. The third kappa shape index (κ3) is 3.25. The smallest absolute Gasteiger partial charge is 0.274 e.